The lowest BCUT2D eigenvalue weighted by Gasteiger charge is -2.25. The minimum Gasteiger partial charge on any atom is -0.273 e. The Labute approximate surface area is 111 Å². The summed E-state index contributed by atoms with van der Waals surface area (Å²) in [5.41, 5.74) is 3.87. The van der Waals surface area contributed by atoms with Crippen LogP contribution in [0.4, 0.5) is 0 Å². The van der Waals surface area contributed by atoms with Gasteiger partial charge in [-0.2, -0.15) is 5.10 Å². The zero-order valence-electron chi connectivity index (χ0n) is 10.0. The highest BCUT2D eigenvalue weighted by Crippen LogP contribution is 2.65. The summed E-state index contributed by atoms with van der Waals surface area (Å²) in [6.07, 6.45) is 6.37. The first-order valence-electron chi connectivity index (χ1n) is 6.28. The van der Waals surface area contributed by atoms with Gasteiger partial charge in [0.05, 0.1) is 6.21 Å². The molecule has 3 nitrogen and oxygen atoms in total. The molecule has 0 bridgehead atoms. The Morgan fingerprint density at radius 1 is 1.50 bits per heavy atom. The topological polar surface area (TPSA) is 41.5 Å². The van der Waals surface area contributed by atoms with E-state index in [0.717, 1.165) is 12.0 Å². The molecule has 1 spiro atoms. The average Bonchev–Trinajstić information content (AvgIpc) is 3.04. The number of benzene rings is 1. The van der Waals surface area contributed by atoms with Crippen LogP contribution in [0.15, 0.2) is 29.4 Å². The Morgan fingerprint density at radius 2 is 2.33 bits per heavy atom. The van der Waals surface area contributed by atoms with Crippen LogP contribution in [0.5, 0.6) is 0 Å². The number of hydrazone groups is 1. The van der Waals surface area contributed by atoms with Gasteiger partial charge in [-0.25, -0.2) is 5.43 Å². The normalized spacial score (nSPS) is 23.9. The van der Waals surface area contributed by atoms with Crippen molar-refractivity contribution in [2.75, 3.05) is 0 Å². The Kier molecular flexibility index (Phi) is 2.86. The number of carbonyl (C=O) groups excluding carboxylic acids is 1. The van der Waals surface area contributed by atoms with Crippen LogP contribution < -0.4 is 5.43 Å². The SMILES string of the molecule is O=C(N/N=C/c1cccc(Cl)c1)[C@@H]1CC12CCC2. The zero-order valence-corrected chi connectivity index (χ0v) is 10.8. The molecule has 4 heteroatoms. The molecule has 1 atom stereocenters. The summed E-state index contributed by atoms with van der Waals surface area (Å²) in [4.78, 5) is 11.8. The lowest BCUT2D eigenvalue weighted by atomic mass is 9.80. The molecule has 2 saturated carbocycles. The van der Waals surface area contributed by atoms with Crippen molar-refractivity contribution in [3.05, 3.63) is 34.9 Å². The fourth-order valence-electron chi connectivity index (χ4n) is 2.74. The van der Waals surface area contributed by atoms with Gasteiger partial charge in [0.2, 0.25) is 5.91 Å². The molecule has 0 aliphatic heterocycles. The van der Waals surface area contributed by atoms with Crippen molar-refractivity contribution in [2.24, 2.45) is 16.4 Å². The number of hydrogen-bond donors (Lipinski definition) is 1. The van der Waals surface area contributed by atoms with E-state index in [1.165, 1.54) is 19.3 Å². The van der Waals surface area contributed by atoms with Crippen LogP contribution >= 0.6 is 11.6 Å². The summed E-state index contributed by atoms with van der Waals surface area (Å²) in [5, 5.41) is 4.65. The van der Waals surface area contributed by atoms with Gasteiger partial charge in [0, 0.05) is 10.9 Å². The summed E-state index contributed by atoms with van der Waals surface area (Å²) in [5.74, 6) is 0.260. The second-order valence-electron chi connectivity index (χ2n) is 5.26. The fourth-order valence-corrected chi connectivity index (χ4v) is 2.94. The minimum atomic E-state index is 0.0629. The predicted molar refractivity (Wildman–Crippen MR) is 71.6 cm³/mol. The van der Waals surface area contributed by atoms with E-state index in [2.05, 4.69) is 10.5 Å². The van der Waals surface area contributed by atoms with Gasteiger partial charge in [-0.05, 0) is 42.4 Å². The highest BCUT2D eigenvalue weighted by Gasteiger charge is 2.60. The van der Waals surface area contributed by atoms with E-state index in [1.54, 1.807) is 6.21 Å². The van der Waals surface area contributed by atoms with Gasteiger partial charge in [0.1, 0.15) is 0 Å². The summed E-state index contributed by atoms with van der Waals surface area (Å²) in [6.45, 7) is 0. The summed E-state index contributed by atoms with van der Waals surface area (Å²) >= 11 is 5.86. The van der Waals surface area contributed by atoms with Crippen molar-refractivity contribution in [1.82, 2.24) is 5.43 Å². The van der Waals surface area contributed by atoms with Gasteiger partial charge in [-0.3, -0.25) is 4.79 Å². The Hall–Kier alpha value is -1.35. The molecule has 1 amide bonds. The highest BCUT2D eigenvalue weighted by molar-refractivity contribution is 6.30. The van der Waals surface area contributed by atoms with Crippen molar-refractivity contribution in [1.29, 1.82) is 0 Å². The van der Waals surface area contributed by atoms with Crippen molar-refractivity contribution in [3.63, 3.8) is 0 Å². The van der Waals surface area contributed by atoms with Gasteiger partial charge >= 0.3 is 0 Å². The third kappa shape index (κ3) is 2.15. The van der Waals surface area contributed by atoms with E-state index in [-0.39, 0.29) is 11.8 Å². The molecule has 0 heterocycles. The molecule has 2 aliphatic carbocycles. The van der Waals surface area contributed by atoms with Crippen molar-refractivity contribution >= 4 is 23.7 Å². The summed E-state index contributed by atoms with van der Waals surface area (Å²) < 4.78 is 0. The molecule has 0 unspecified atom stereocenters. The maximum atomic E-state index is 11.8. The van der Waals surface area contributed by atoms with E-state index in [4.69, 9.17) is 11.6 Å². The van der Waals surface area contributed by atoms with Crippen LogP contribution in [0.2, 0.25) is 5.02 Å². The summed E-state index contributed by atoms with van der Waals surface area (Å²) in [6, 6.07) is 7.37. The lowest BCUT2D eigenvalue weighted by molar-refractivity contribution is -0.123. The largest absolute Gasteiger partial charge is 0.273 e. The quantitative estimate of drug-likeness (QED) is 0.660. The Balaban J connectivity index is 1.53. The van der Waals surface area contributed by atoms with E-state index in [9.17, 15) is 4.79 Å². The van der Waals surface area contributed by atoms with Crippen LogP contribution in [-0.4, -0.2) is 12.1 Å². The van der Waals surface area contributed by atoms with Crippen LogP contribution in [0, 0.1) is 11.3 Å². The van der Waals surface area contributed by atoms with E-state index < -0.39 is 0 Å². The molecule has 2 aliphatic rings. The van der Waals surface area contributed by atoms with Gasteiger partial charge in [-0.1, -0.05) is 30.2 Å². The molecule has 94 valence electrons. The minimum absolute atomic E-state index is 0.0629. The third-order valence-electron chi connectivity index (χ3n) is 4.09. The first-order valence-corrected chi connectivity index (χ1v) is 6.66. The number of nitrogens with zero attached hydrogens (tertiary/aromatic N) is 1. The third-order valence-corrected chi connectivity index (χ3v) is 4.33. The molecule has 0 saturated heterocycles. The molecular formula is C14H15ClN2O. The lowest BCUT2D eigenvalue weighted by Crippen LogP contribution is -2.26. The maximum absolute atomic E-state index is 11.8. The number of carbonyl (C=O) groups is 1. The van der Waals surface area contributed by atoms with Crippen molar-refractivity contribution in [2.45, 2.75) is 25.7 Å². The van der Waals surface area contributed by atoms with Crippen molar-refractivity contribution in [3.8, 4) is 0 Å². The first-order chi connectivity index (χ1) is 8.70. The maximum Gasteiger partial charge on any atom is 0.243 e. The molecule has 0 aromatic heterocycles. The monoisotopic (exact) mass is 262 g/mol. The number of rotatable bonds is 3. The van der Waals surface area contributed by atoms with Crippen LogP contribution in [-0.2, 0) is 4.79 Å². The fraction of sp³-hybridized carbons (Fsp3) is 0.429. The molecule has 1 aromatic carbocycles. The van der Waals surface area contributed by atoms with E-state index in [0.29, 0.717) is 10.4 Å². The number of nitrogens with one attached hydrogen (secondary N) is 1. The highest BCUT2D eigenvalue weighted by atomic mass is 35.5. The Morgan fingerprint density at radius 3 is 2.94 bits per heavy atom. The van der Waals surface area contributed by atoms with Gasteiger partial charge in [0.25, 0.3) is 0 Å². The van der Waals surface area contributed by atoms with E-state index in [1.807, 2.05) is 24.3 Å². The molecule has 18 heavy (non-hydrogen) atoms. The molecule has 0 radical (unpaired) electrons. The molecular weight excluding hydrogens is 248 g/mol. The first kappa shape index (κ1) is 11.7. The predicted octanol–water partition coefficient (Wildman–Crippen LogP) is 2.98. The van der Waals surface area contributed by atoms with Gasteiger partial charge in [-0.15, -0.1) is 0 Å². The van der Waals surface area contributed by atoms with Crippen LogP contribution in [0.1, 0.15) is 31.2 Å². The number of hydrogen-bond acceptors (Lipinski definition) is 2. The molecule has 2 fully saturated rings. The van der Waals surface area contributed by atoms with E-state index >= 15 is 0 Å². The Bertz CT molecular complexity index is 508. The smallest absolute Gasteiger partial charge is 0.243 e. The van der Waals surface area contributed by atoms with Crippen LogP contribution in [0.3, 0.4) is 0 Å². The second-order valence-corrected chi connectivity index (χ2v) is 5.70. The molecule has 1 aromatic rings. The molecule has 1 N–H and O–H groups in total. The number of halogens is 1. The average molecular weight is 263 g/mol. The molecule has 3 rings (SSSR count). The standard InChI is InChI=1S/C14H15ClN2O/c15-11-4-1-3-10(7-11)9-16-17-13(18)12-8-14(12)5-2-6-14/h1,3-4,7,9,12H,2,5-6,8H2,(H,17,18)/b16-9+/t12-/m0/s1. The van der Waals surface area contributed by atoms with Gasteiger partial charge < -0.3 is 0 Å². The zero-order chi connectivity index (χ0) is 12.6. The van der Waals surface area contributed by atoms with Gasteiger partial charge in [0.15, 0.2) is 0 Å². The number of amides is 1. The van der Waals surface area contributed by atoms with Crippen molar-refractivity contribution < 1.29 is 4.79 Å². The van der Waals surface area contributed by atoms with Crippen LogP contribution in [0.25, 0.3) is 0 Å². The summed E-state index contributed by atoms with van der Waals surface area (Å²) in [7, 11) is 0. The second kappa shape index (κ2) is 4.39.